The molecule has 3 heterocycles. The van der Waals surface area contributed by atoms with E-state index in [9.17, 15) is 0 Å². The smallest absolute Gasteiger partial charge is 0.240 e. The highest BCUT2D eigenvalue weighted by atomic mass is 16.5. The maximum absolute atomic E-state index is 5.15. The highest BCUT2D eigenvalue weighted by Crippen LogP contribution is 2.31. The van der Waals surface area contributed by atoms with Crippen molar-refractivity contribution in [2.24, 2.45) is 0 Å². The van der Waals surface area contributed by atoms with Crippen LogP contribution in [0.15, 0.2) is 9.05 Å². The molecule has 1 aliphatic rings. The predicted molar refractivity (Wildman–Crippen MR) is 60.5 cm³/mol. The number of aryl methyl sites for hydroxylation is 2. The molecule has 0 N–H and O–H groups in total. The van der Waals surface area contributed by atoms with Crippen molar-refractivity contribution in [1.29, 1.82) is 0 Å². The fraction of sp³-hybridized carbons (Fsp3) is 0.636. The topological polar surface area (TPSA) is 81.1 Å². The molecule has 0 amide bonds. The van der Waals surface area contributed by atoms with Gasteiger partial charge in [-0.05, 0) is 26.3 Å². The van der Waals surface area contributed by atoms with Gasteiger partial charge in [0.1, 0.15) is 0 Å². The zero-order valence-corrected chi connectivity index (χ0v) is 10.5. The molecule has 96 valence electrons. The van der Waals surface area contributed by atoms with Gasteiger partial charge < -0.3 is 9.05 Å². The summed E-state index contributed by atoms with van der Waals surface area (Å²) in [6, 6.07) is 0.189. The molecule has 18 heavy (non-hydrogen) atoms. The first-order valence-corrected chi connectivity index (χ1v) is 6.06. The minimum atomic E-state index is 0.189. The van der Waals surface area contributed by atoms with Gasteiger partial charge in [-0.25, -0.2) is 0 Å². The van der Waals surface area contributed by atoms with Crippen molar-refractivity contribution in [3.8, 4) is 0 Å². The van der Waals surface area contributed by atoms with Gasteiger partial charge in [0.05, 0.1) is 12.6 Å². The van der Waals surface area contributed by atoms with Crippen molar-refractivity contribution in [1.82, 2.24) is 25.2 Å². The Morgan fingerprint density at radius 3 is 2.78 bits per heavy atom. The molecule has 1 unspecified atom stereocenters. The van der Waals surface area contributed by atoms with Crippen LogP contribution in [0.5, 0.6) is 0 Å². The van der Waals surface area contributed by atoms with Crippen molar-refractivity contribution >= 4 is 0 Å². The van der Waals surface area contributed by atoms with Crippen molar-refractivity contribution < 1.29 is 9.05 Å². The molecule has 0 bridgehead atoms. The van der Waals surface area contributed by atoms with E-state index in [0.717, 1.165) is 25.2 Å². The third kappa shape index (κ3) is 2.13. The Morgan fingerprint density at radius 2 is 2.11 bits per heavy atom. The van der Waals surface area contributed by atoms with Crippen molar-refractivity contribution in [2.75, 3.05) is 6.54 Å². The predicted octanol–water partition coefficient (Wildman–Crippen LogP) is 1.41. The van der Waals surface area contributed by atoms with E-state index in [1.165, 1.54) is 0 Å². The standard InChI is InChI=1S/C11H15N5O2/c1-7-12-10(18-14-7)6-16-5-3-4-9(16)11-13-8(2)17-15-11/h9H,3-6H2,1-2H3. The number of aromatic nitrogens is 4. The van der Waals surface area contributed by atoms with Crippen LogP contribution < -0.4 is 0 Å². The summed E-state index contributed by atoms with van der Waals surface area (Å²) in [6.45, 7) is 5.24. The lowest BCUT2D eigenvalue weighted by Crippen LogP contribution is -2.23. The van der Waals surface area contributed by atoms with Gasteiger partial charge in [0, 0.05) is 6.92 Å². The molecular weight excluding hydrogens is 234 g/mol. The quantitative estimate of drug-likeness (QED) is 0.813. The van der Waals surface area contributed by atoms with Gasteiger partial charge in [-0.3, -0.25) is 4.90 Å². The monoisotopic (exact) mass is 249 g/mol. The summed E-state index contributed by atoms with van der Waals surface area (Å²) in [7, 11) is 0. The number of likely N-dealkylation sites (tertiary alicyclic amines) is 1. The summed E-state index contributed by atoms with van der Waals surface area (Å²) in [4.78, 5) is 10.8. The highest BCUT2D eigenvalue weighted by Gasteiger charge is 2.30. The maximum atomic E-state index is 5.15. The Kier molecular flexibility index (Phi) is 2.83. The van der Waals surface area contributed by atoms with Gasteiger partial charge in [0.2, 0.25) is 11.8 Å². The summed E-state index contributed by atoms with van der Waals surface area (Å²) < 4.78 is 10.2. The van der Waals surface area contributed by atoms with Crippen LogP contribution in [0.25, 0.3) is 0 Å². The van der Waals surface area contributed by atoms with Crippen molar-refractivity contribution in [3.05, 3.63) is 23.4 Å². The molecule has 1 saturated heterocycles. The fourth-order valence-corrected chi connectivity index (χ4v) is 2.34. The number of rotatable bonds is 3. The Labute approximate surface area is 104 Å². The Morgan fingerprint density at radius 1 is 1.22 bits per heavy atom. The molecule has 0 aromatic carbocycles. The van der Waals surface area contributed by atoms with E-state index in [-0.39, 0.29) is 6.04 Å². The third-order valence-corrected chi connectivity index (χ3v) is 3.11. The van der Waals surface area contributed by atoms with Gasteiger partial charge in [0.25, 0.3) is 0 Å². The average Bonchev–Trinajstić information content (AvgIpc) is 3.01. The molecule has 1 aliphatic heterocycles. The SMILES string of the molecule is Cc1noc(CN2CCCC2c2noc(C)n2)n1. The van der Waals surface area contributed by atoms with Gasteiger partial charge in [-0.2, -0.15) is 9.97 Å². The first-order chi connectivity index (χ1) is 8.72. The molecule has 1 fully saturated rings. The van der Waals surface area contributed by atoms with Crippen LogP contribution in [-0.2, 0) is 6.54 Å². The summed E-state index contributed by atoms with van der Waals surface area (Å²) in [5.41, 5.74) is 0. The highest BCUT2D eigenvalue weighted by molar-refractivity contribution is 4.98. The molecule has 0 radical (unpaired) electrons. The molecule has 7 heteroatoms. The lowest BCUT2D eigenvalue weighted by Gasteiger charge is -2.19. The molecule has 1 atom stereocenters. The van der Waals surface area contributed by atoms with Crippen molar-refractivity contribution in [2.45, 2.75) is 39.3 Å². The largest absolute Gasteiger partial charge is 0.340 e. The molecule has 0 aliphatic carbocycles. The van der Waals surface area contributed by atoms with Crippen LogP contribution in [-0.4, -0.2) is 31.7 Å². The van der Waals surface area contributed by atoms with Crippen molar-refractivity contribution in [3.63, 3.8) is 0 Å². The number of nitrogens with zero attached hydrogens (tertiary/aromatic N) is 5. The van der Waals surface area contributed by atoms with Gasteiger partial charge in [0.15, 0.2) is 11.6 Å². The fourth-order valence-electron chi connectivity index (χ4n) is 2.34. The molecule has 3 rings (SSSR count). The van der Waals surface area contributed by atoms with Gasteiger partial charge in [-0.1, -0.05) is 10.3 Å². The van der Waals surface area contributed by atoms with E-state index >= 15 is 0 Å². The first-order valence-electron chi connectivity index (χ1n) is 6.06. The normalized spacial score (nSPS) is 20.7. The zero-order valence-electron chi connectivity index (χ0n) is 10.5. The summed E-state index contributed by atoms with van der Waals surface area (Å²) in [5, 5.41) is 7.80. The maximum Gasteiger partial charge on any atom is 0.240 e. The molecule has 0 spiro atoms. The number of hydrogen-bond acceptors (Lipinski definition) is 7. The van der Waals surface area contributed by atoms with E-state index < -0.39 is 0 Å². The van der Waals surface area contributed by atoms with Gasteiger partial charge >= 0.3 is 0 Å². The zero-order chi connectivity index (χ0) is 12.5. The molecular formula is C11H15N5O2. The van der Waals surface area contributed by atoms with E-state index in [1.54, 1.807) is 6.92 Å². The number of hydrogen-bond donors (Lipinski definition) is 0. The Balaban J connectivity index is 1.75. The molecule has 7 nitrogen and oxygen atoms in total. The first kappa shape index (κ1) is 11.3. The van der Waals surface area contributed by atoms with Crippen LogP contribution in [0, 0.1) is 13.8 Å². The Bertz CT molecular complexity index is 535. The average molecular weight is 249 g/mol. The molecule has 2 aromatic rings. The van der Waals surface area contributed by atoms with E-state index in [1.807, 2.05) is 6.92 Å². The van der Waals surface area contributed by atoms with E-state index in [2.05, 4.69) is 25.2 Å². The minimum Gasteiger partial charge on any atom is -0.340 e. The Hall–Kier alpha value is -1.76. The van der Waals surface area contributed by atoms with Crippen LogP contribution >= 0.6 is 0 Å². The lowest BCUT2D eigenvalue weighted by atomic mass is 10.2. The molecule has 2 aromatic heterocycles. The van der Waals surface area contributed by atoms with E-state index in [0.29, 0.717) is 24.2 Å². The van der Waals surface area contributed by atoms with Crippen LogP contribution in [0.2, 0.25) is 0 Å². The van der Waals surface area contributed by atoms with Crippen LogP contribution in [0.4, 0.5) is 0 Å². The summed E-state index contributed by atoms with van der Waals surface area (Å²) >= 11 is 0. The molecule has 0 saturated carbocycles. The minimum absolute atomic E-state index is 0.189. The summed E-state index contributed by atoms with van der Waals surface area (Å²) in [6.07, 6.45) is 2.15. The van der Waals surface area contributed by atoms with Crippen LogP contribution in [0.1, 0.15) is 42.3 Å². The second-order valence-corrected chi connectivity index (χ2v) is 4.54. The third-order valence-electron chi connectivity index (χ3n) is 3.11. The lowest BCUT2D eigenvalue weighted by molar-refractivity contribution is 0.202. The second kappa shape index (κ2) is 4.49. The summed E-state index contributed by atoms with van der Waals surface area (Å²) in [5.74, 6) is 2.66. The second-order valence-electron chi connectivity index (χ2n) is 4.54. The van der Waals surface area contributed by atoms with Crippen LogP contribution in [0.3, 0.4) is 0 Å². The van der Waals surface area contributed by atoms with E-state index in [4.69, 9.17) is 9.05 Å². The van der Waals surface area contributed by atoms with Gasteiger partial charge in [-0.15, -0.1) is 0 Å².